The zero-order chi connectivity index (χ0) is 18.5. The second-order valence-corrected chi connectivity index (χ2v) is 6.38. The van der Waals surface area contributed by atoms with Gasteiger partial charge in [-0.3, -0.25) is 0 Å². The van der Waals surface area contributed by atoms with E-state index in [1.54, 1.807) is 6.33 Å². The molecule has 0 bridgehead atoms. The molecule has 3 rings (SSSR count). The molecule has 1 aromatic heterocycles. The Hall–Kier alpha value is -3.08. The SMILES string of the molecule is CC(=O)On1cnc(-c2ccc(N(C)C)cc2)c1CCc1ccccc1. The van der Waals surface area contributed by atoms with Gasteiger partial charge in [0.15, 0.2) is 0 Å². The molecular weight excluding hydrogens is 326 g/mol. The van der Waals surface area contributed by atoms with Crippen LogP contribution in [0.25, 0.3) is 11.3 Å². The second kappa shape index (κ2) is 7.87. The highest BCUT2D eigenvalue weighted by molar-refractivity contribution is 5.68. The first-order valence-electron chi connectivity index (χ1n) is 8.61. The molecule has 0 amide bonds. The molecule has 0 radical (unpaired) electrons. The van der Waals surface area contributed by atoms with Crippen molar-refractivity contribution in [1.82, 2.24) is 9.71 Å². The van der Waals surface area contributed by atoms with Crippen LogP contribution in [0.2, 0.25) is 0 Å². The van der Waals surface area contributed by atoms with E-state index in [1.807, 2.05) is 44.4 Å². The lowest BCUT2D eigenvalue weighted by molar-refractivity contribution is -0.141. The highest BCUT2D eigenvalue weighted by Crippen LogP contribution is 2.25. The summed E-state index contributed by atoms with van der Waals surface area (Å²) in [6, 6.07) is 18.4. The molecule has 0 aliphatic heterocycles. The zero-order valence-electron chi connectivity index (χ0n) is 15.3. The molecule has 0 saturated heterocycles. The molecule has 5 nitrogen and oxygen atoms in total. The zero-order valence-corrected chi connectivity index (χ0v) is 15.3. The van der Waals surface area contributed by atoms with Crippen molar-refractivity contribution in [3.63, 3.8) is 0 Å². The van der Waals surface area contributed by atoms with Crippen LogP contribution in [0.4, 0.5) is 5.69 Å². The van der Waals surface area contributed by atoms with Gasteiger partial charge in [-0.15, -0.1) is 0 Å². The summed E-state index contributed by atoms with van der Waals surface area (Å²) in [4.78, 5) is 23.3. The minimum absolute atomic E-state index is 0.363. The molecule has 2 aromatic carbocycles. The van der Waals surface area contributed by atoms with Crippen molar-refractivity contribution in [3.05, 3.63) is 72.2 Å². The summed E-state index contributed by atoms with van der Waals surface area (Å²) in [7, 11) is 4.02. The molecule has 0 saturated carbocycles. The molecule has 1 heterocycles. The van der Waals surface area contributed by atoms with Gasteiger partial charge in [0.1, 0.15) is 6.33 Å². The molecule has 0 aliphatic carbocycles. The van der Waals surface area contributed by atoms with E-state index in [4.69, 9.17) is 4.84 Å². The van der Waals surface area contributed by atoms with E-state index in [-0.39, 0.29) is 5.97 Å². The molecule has 0 spiro atoms. The smallest absolute Gasteiger partial charge is 0.329 e. The Kier molecular flexibility index (Phi) is 5.37. The van der Waals surface area contributed by atoms with Crippen LogP contribution in [0.3, 0.4) is 0 Å². The largest absolute Gasteiger partial charge is 0.378 e. The topological polar surface area (TPSA) is 47.4 Å². The summed E-state index contributed by atoms with van der Waals surface area (Å²) in [5.41, 5.74) is 5.09. The van der Waals surface area contributed by atoms with Crippen molar-refractivity contribution >= 4 is 11.7 Å². The average molecular weight is 349 g/mol. The minimum atomic E-state index is -0.363. The lowest BCUT2D eigenvalue weighted by atomic mass is 10.0. The van der Waals surface area contributed by atoms with Crippen LogP contribution in [0.1, 0.15) is 18.2 Å². The van der Waals surface area contributed by atoms with Gasteiger partial charge in [-0.2, -0.15) is 4.73 Å². The summed E-state index contributed by atoms with van der Waals surface area (Å²) < 4.78 is 1.49. The van der Waals surface area contributed by atoms with Crippen LogP contribution in [0.5, 0.6) is 0 Å². The summed E-state index contributed by atoms with van der Waals surface area (Å²) >= 11 is 0. The number of imidazole rings is 1. The fraction of sp³-hybridized carbons (Fsp3) is 0.238. The fourth-order valence-electron chi connectivity index (χ4n) is 2.87. The van der Waals surface area contributed by atoms with E-state index >= 15 is 0 Å². The molecule has 0 atom stereocenters. The maximum absolute atomic E-state index is 11.4. The molecule has 134 valence electrons. The Balaban J connectivity index is 1.91. The van der Waals surface area contributed by atoms with Crippen molar-refractivity contribution in [3.8, 4) is 11.3 Å². The third kappa shape index (κ3) is 4.11. The van der Waals surface area contributed by atoms with Crippen LogP contribution >= 0.6 is 0 Å². The molecule has 0 unspecified atom stereocenters. The maximum atomic E-state index is 11.4. The first-order valence-corrected chi connectivity index (χ1v) is 8.61. The number of rotatable bonds is 6. The van der Waals surface area contributed by atoms with E-state index in [0.29, 0.717) is 0 Å². The Bertz CT molecular complexity index is 868. The predicted molar refractivity (Wildman–Crippen MR) is 103 cm³/mol. The normalized spacial score (nSPS) is 10.6. The van der Waals surface area contributed by atoms with E-state index < -0.39 is 0 Å². The van der Waals surface area contributed by atoms with Gasteiger partial charge in [0.05, 0.1) is 11.4 Å². The number of benzene rings is 2. The Labute approximate surface area is 153 Å². The molecule has 0 N–H and O–H groups in total. The lowest BCUT2D eigenvalue weighted by Crippen LogP contribution is -2.18. The highest BCUT2D eigenvalue weighted by Gasteiger charge is 2.15. The molecule has 0 fully saturated rings. The number of carbonyl (C=O) groups is 1. The third-order valence-electron chi connectivity index (χ3n) is 4.21. The van der Waals surface area contributed by atoms with E-state index in [1.165, 1.54) is 17.2 Å². The Morgan fingerprint density at radius 1 is 1.04 bits per heavy atom. The van der Waals surface area contributed by atoms with Crippen LogP contribution in [0.15, 0.2) is 60.9 Å². The number of aromatic nitrogens is 2. The van der Waals surface area contributed by atoms with Gasteiger partial charge < -0.3 is 9.74 Å². The monoisotopic (exact) mass is 349 g/mol. The highest BCUT2D eigenvalue weighted by atomic mass is 16.7. The summed E-state index contributed by atoms with van der Waals surface area (Å²) in [5, 5.41) is 0. The minimum Gasteiger partial charge on any atom is -0.378 e. The maximum Gasteiger partial charge on any atom is 0.329 e. The summed E-state index contributed by atoms with van der Waals surface area (Å²) in [6.07, 6.45) is 3.13. The van der Waals surface area contributed by atoms with Crippen molar-refractivity contribution < 1.29 is 9.63 Å². The molecule has 5 heteroatoms. The second-order valence-electron chi connectivity index (χ2n) is 6.38. The Morgan fingerprint density at radius 2 is 1.73 bits per heavy atom. The first-order chi connectivity index (χ1) is 12.5. The Morgan fingerprint density at radius 3 is 2.35 bits per heavy atom. The van der Waals surface area contributed by atoms with Gasteiger partial charge in [-0.1, -0.05) is 42.5 Å². The number of anilines is 1. The van der Waals surface area contributed by atoms with Gasteiger partial charge >= 0.3 is 5.97 Å². The molecule has 26 heavy (non-hydrogen) atoms. The van der Waals surface area contributed by atoms with Crippen molar-refractivity contribution in [2.45, 2.75) is 19.8 Å². The molecular formula is C21H23N3O2. The number of hydrogen-bond acceptors (Lipinski definition) is 4. The quantitative estimate of drug-likeness (QED) is 0.684. The summed E-state index contributed by atoms with van der Waals surface area (Å²) in [5.74, 6) is -0.363. The molecule has 3 aromatic rings. The average Bonchev–Trinajstić information content (AvgIpc) is 3.02. The van der Waals surface area contributed by atoms with Crippen LogP contribution in [0, 0.1) is 0 Å². The van der Waals surface area contributed by atoms with E-state index in [2.05, 4.69) is 34.1 Å². The van der Waals surface area contributed by atoms with E-state index in [9.17, 15) is 4.79 Å². The number of hydrogen-bond donors (Lipinski definition) is 0. The standard InChI is InChI=1S/C21H23N3O2/c1-16(25)26-24-15-22-21(18-10-12-19(13-11-18)23(2)3)20(24)14-9-17-7-5-4-6-8-17/h4-8,10-13,15H,9,14H2,1-3H3. The van der Waals surface area contributed by atoms with Crippen molar-refractivity contribution in [2.75, 3.05) is 19.0 Å². The lowest BCUT2D eigenvalue weighted by Gasteiger charge is -2.13. The van der Waals surface area contributed by atoms with E-state index in [0.717, 1.165) is 35.5 Å². The van der Waals surface area contributed by atoms with Gasteiger partial charge in [-0.05, 0) is 30.5 Å². The molecule has 0 aliphatic rings. The van der Waals surface area contributed by atoms with Crippen LogP contribution in [-0.4, -0.2) is 29.8 Å². The summed E-state index contributed by atoms with van der Waals surface area (Å²) in [6.45, 7) is 1.40. The van der Waals surface area contributed by atoms with Gasteiger partial charge in [-0.25, -0.2) is 9.78 Å². The number of aryl methyl sites for hydroxylation is 1. The number of carbonyl (C=O) groups excluding carboxylic acids is 1. The van der Waals surface area contributed by atoms with Gasteiger partial charge in [0.25, 0.3) is 0 Å². The van der Waals surface area contributed by atoms with Crippen molar-refractivity contribution in [1.29, 1.82) is 0 Å². The predicted octanol–water partition coefficient (Wildman–Crippen LogP) is 3.38. The van der Waals surface area contributed by atoms with Gasteiger partial charge in [0.2, 0.25) is 0 Å². The van der Waals surface area contributed by atoms with Crippen molar-refractivity contribution in [2.24, 2.45) is 0 Å². The van der Waals surface area contributed by atoms with Gasteiger partial charge in [0, 0.05) is 32.3 Å². The van der Waals surface area contributed by atoms with Crippen LogP contribution in [-0.2, 0) is 17.6 Å². The number of nitrogens with zero attached hydrogens (tertiary/aromatic N) is 3. The third-order valence-corrected chi connectivity index (χ3v) is 4.21. The fourth-order valence-corrected chi connectivity index (χ4v) is 2.87. The first kappa shape index (κ1) is 17.7. The van der Waals surface area contributed by atoms with Crippen LogP contribution < -0.4 is 9.74 Å².